The smallest absolute Gasteiger partial charge is 0.264 e. The molecule has 162 valence electrons. The zero-order valence-corrected chi connectivity index (χ0v) is 18.1. The molecule has 0 saturated heterocycles. The molecular formula is C29H23NO3. The Bertz CT molecular complexity index is 1420. The number of carbonyl (C=O) groups excluding carboxylic acids is 2. The Morgan fingerprint density at radius 3 is 2.48 bits per heavy atom. The number of nitrogens with zero attached hydrogens (tertiary/aromatic N) is 1. The lowest BCUT2D eigenvalue weighted by molar-refractivity contribution is -0.140. The molecular weight excluding hydrogens is 410 g/mol. The summed E-state index contributed by atoms with van der Waals surface area (Å²) in [6.07, 6.45) is 1.10. The quantitative estimate of drug-likeness (QED) is 0.494. The van der Waals surface area contributed by atoms with E-state index in [-0.39, 0.29) is 5.78 Å². The van der Waals surface area contributed by atoms with Crippen LogP contribution in [0.15, 0.2) is 91.0 Å². The topological polar surface area (TPSA) is 57.6 Å². The molecule has 0 saturated carbocycles. The molecule has 1 aliphatic heterocycles. The molecule has 1 heterocycles. The van der Waals surface area contributed by atoms with Gasteiger partial charge < -0.3 is 10.0 Å². The number of amides is 1. The van der Waals surface area contributed by atoms with Crippen LogP contribution in [-0.4, -0.2) is 16.8 Å². The summed E-state index contributed by atoms with van der Waals surface area (Å²) in [6, 6.07) is 28.9. The van der Waals surface area contributed by atoms with Gasteiger partial charge in [-0.15, -0.1) is 0 Å². The standard InChI is InChI=1S/C29H23NO3/c31-27-23-13-4-2-9-20(23)16-17-25(27)29(33)24-14-5-6-15-26(24)30(28(29)32)18-21-11-7-10-19-8-1-3-12-22(19)21/h1-15,25,33H,16-18H2/t25-,29-/m0/s1. The fourth-order valence-electron chi connectivity index (χ4n) is 5.55. The van der Waals surface area contributed by atoms with E-state index in [0.29, 0.717) is 36.2 Å². The Morgan fingerprint density at radius 2 is 1.58 bits per heavy atom. The van der Waals surface area contributed by atoms with Crippen LogP contribution in [0, 0.1) is 5.92 Å². The zero-order chi connectivity index (χ0) is 22.6. The average Bonchev–Trinajstić information content (AvgIpc) is 3.07. The number of Topliss-reactive ketones (excluding diaryl/α,β-unsaturated/α-hetero) is 1. The SMILES string of the molecule is O=C1c2ccccc2CC[C@@H]1[C@]1(O)C(=O)N(Cc2cccc3ccccc23)c2ccccc21. The summed E-state index contributed by atoms with van der Waals surface area (Å²) in [5.74, 6) is -1.39. The van der Waals surface area contributed by atoms with Crippen molar-refractivity contribution >= 4 is 28.2 Å². The van der Waals surface area contributed by atoms with Gasteiger partial charge in [-0.3, -0.25) is 9.59 Å². The predicted octanol–water partition coefficient (Wildman–Crippen LogP) is 5.02. The summed E-state index contributed by atoms with van der Waals surface area (Å²) in [5.41, 5.74) is 1.92. The molecule has 0 aromatic heterocycles. The molecule has 0 unspecified atom stereocenters. The van der Waals surface area contributed by atoms with Gasteiger partial charge in [0, 0.05) is 11.1 Å². The second-order valence-corrected chi connectivity index (χ2v) is 8.93. The molecule has 1 aliphatic carbocycles. The Kier molecular flexibility index (Phi) is 4.46. The molecule has 0 bridgehead atoms. The largest absolute Gasteiger partial charge is 0.375 e. The lowest BCUT2D eigenvalue weighted by atomic mass is 9.71. The van der Waals surface area contributed by atoms with E-state index in [0.717, 1.165) is 21.9 Å². The monoisotopic (exact) mass is 433 g/mol. The molecule has 0 fully saturated rings. The molecule has 1 amide bonds. The van der Waals surface area contributed by atoms with Crippen molar-refractivity contribution in [1.29, 1.82) is 0 Å². The van der Waals surface area contributed by atoms with E-state index in [9.17, 15) is 14.7 Å². The Labute approximate surface area is 192 Å². The summed E-state index contributed by atoms with van der Waals surface area (Å²) < 4.78 is 0. The molecule has 4 aromatic rings. The summed E-state index contributed by atoms with van der Waals surface area (Å²) in [4.78, 5) is 29.0. The van der Waals surface area contributed by atoms with Gasteiger partial charge in [0.15, 0.2) is 11.4 Å². The molecule has 4 nitrogen and oxygen atoms in total. The van der Waals surface area contributed by atoms with Crippen molar-refractivity contribution in [2.75, 3.05) is 4.90 Å². The van der Waals surface area contributed by atoms with Crippen molar-refractivity contribution in [3.8, 4) is 0 Å². The second kappa shape index (κ2) is 7.39. The molecule has 4 heteroatoms. The third-order valence-corrected chi connectivity index (χ3v) is 7.19. The van der Waals surface area contributed by atoms with Crippen LogP contribution in [0.5, 0.6) is 0 Å². The highest BCUT2D eigenvalue weighted by Crippen LogP contribution is 2.48. The first kappa shape index (κ1) is 19.9. The van der Waals surface area contributed by atoms with E-state index >= 15 is 0 Å². The van der Waals surface area contributed by atoms with E-state index in [1.165, 1.54) is 0 Å². The molecule has 0 radical (unpaired) electrons. The number of hydrogen-bond donors (Lipinski definition) is 1. The summed E-state index contributed by atoms with van der Waals surface area (Å²) >= 11 is 0. The first-order chi connectivity index (χ1) is 16.1. The lowest BCUT2D eigenvalue weighted by Gasteiger charge is -2.34. The van der Waals surface area contributed by atoms with E-state index in [1.807, 2.05) is 78.9 Å². The number of benzene rings is 4. The van der Waals surface area contributed by atoms with E-state index < -0.39 is 17.4 Å². The van der Waals surface area contributed by atoms with Gasteiger partial charge in [-0.1, -0.05) is 84.9 Å². The first-order valence-corrected chi connectivity index (χ1v) is 11.3. The number of hydrogen-bond acceptors (Lipinski definition) is 3. The lowest BCUT2D eigenvalue weighted by Crippen LogP contribution is -2.49. The summed E-state index contributed by atoms with van der Waals surface area (Å²) in [7, 11) is 0. The molecule has 1 N–H and O–H groups in total. The number of rotatable bonds is 3. The van der Waals surface area contributed by atoms with E-state index in [4.69, 9.17) is 0 Å². The Hall–Kier alpha value is -3.76. The minimum atomic E-state index is -1.87. The molecule has 2 atom stereocenters. The Morgan fingerprint density at radius 1 is 0.848 bits per heavy atom. The predicted molar refractivity (Wildman–Crippen MR) is 128 cm³/mol. The van der Waals surface area contributed by atoms with Crippen LogP contribution < -0.4 is 4.90 Å². The van der Waals surface area contributed by atoms with Gasteiger partial charge >= 0.3 is 0 Å². The Balaban J connectivity index is 1.44. The number of fused-ring (bicyclic) bond motifs is 3. The second-order valence-electron chi connectivity index (χ2n) is 8.93. The molecule has 4 aromatic carbocycles. The van der Waals surface area contributed by atoms with Crippen LogP contribution in [0.2, 0.25) is 0 Å². The minimum Gasteiger partial charge on any atom is -0.375 e. The van der Waals surface area contributed by atoms with Crippen molar-refractivity contribution in [3.05, 3.63) is 113 Å². The highest BCUT2D eigenvalue weighted by atomic mass is 16.3. The number of anilines is 1. The highest BCUT2D eigenvalue weighted by molar-refractivity contribution is 6.12. The van der Waals surface area contributed by atoms with Crippen molar-refractivity contribution in [3.63, 3.8) is 0 Å². The zero-order valence-electron chi connectivity index (χ0n) is 18.1. The third-order valence-electron chi connectivity index (χ3n) is 7.19. The molecule has 0 spiro atoms. The number of carbonyl (C=O) groups is 2. The van der Waals surface area contributed by atoms with Crippen molar-refractivity contribution < 1.29 is 14.7 Å². The maximum absolute atomic E-state index is 13.9. The fourth-order valence-corrected chi connectivity index (χ4v) is 5.55. The van der Waals surface area contributed by atoms with Crippen molar-refractivity contribution in [2.45, 2.75) is 25.0 Å². The van der Waals surface area contributed by atoms with Crippen LogP contribution in [0.4, 0.5) is 5.69 Å². The number of ketones is 1. The third kappa shape index (κ3) is 2.87. The van der Waals surface area contributed by atoms with Gasteiger partial charge in [-0.05, 0) is 40.8 Å². The molecule has 6 rings (SSSR count). The maximum atomic E-state index is 13.9. The van der Waals surface area contributed by atoms with Crippen molar-refractivity contribution in [2.24, 2.45) is 5.92 Å². The number of para-hydroxylation sites is 1. The first-order valence-electron chi connectivity index (χ1n) is 11.3. The van der Waals surface area contributed by atoms with Crippen LogP contribution in [0.25, 0.3) is 10.8 Å². The van der Waals surface area contributed by atoms with Gasteiger partial charge in [0.05, 0.1) is 18.2 Å². The van der Waals surface area contributed by atoms with Gasteiger partial charge in [0.2, 0.25) is 0 Å². The van der Waals surface area contributed by atoms with Gasteiger partial charge in [-0.25, -0.2) is 0 Å². The van der Waals surface area contributed by atoms with Crippen molar-refractivity contribution in [1.82, 2.24) is 0 Å². The fraction of sp³-hybridized carbons (Fsp3) is 0.172. The molecule has 33 heavy (non-hydrogen) atoms. The van der Waals surface area contributed by atoms with Gasteiger partial charge in [-0.2, -0.15) is 0 Å². The van der Waals surface area contributed by atoms with Gasteiger partial charge in [0.25, 0.3) is 5.91 Å². The minimum absolute atomic E-state index is 0.158. The molecule has 2 aliphatic rings. The average molecular weight is 434 g/mol. The van der Waals surface area contributed by atoms with E-state index in [1.54, 1.807) is 17.0 Å². The van der Waals surface area contributed by atoms with Crippen LogP contribution in [0.3, 0.4) is 0 Å². The van der Waals surface area contributed by atoms with E-state index in [2.05, 4.69) is 0 Å². The number of aliphatic hydroxyl groups is 1. The highest BCUT2D eigenvalue weighted by Gasteiger charge is 2.57. The van der Waals surface area contributed by atoms with Gasteiger partial charge in [0.1, 0.15) is 0 Å². The summed E-state index contributed by atoms with van der Waals surface area (Å²) in [6.45, 7) is 0.330. The van der Waals surface area contributed by atoms with Crippen LogP contribution in [-0.2, 0) is 23.4 Å². The van der Waals surface area contributed by atoms with Crippen LogP contribution >= 0.6 is 0 Å². The normalized spacial score (nSPS) is 21.8. The number of aryl methyl sites for hydroxylation is 1. The van der Waals surface area contributed by atoms with Crippen LogP contribution in [0.1, 0.15) is 33.5 Å². The maximum Gasteiger partial charge on any atom is 0.264 e. The summed E-state index contributed by atoms with van der Waals surface area (Å²) in [5, 5.41) is 14.2.